The smallest absolute Gasteiger partial charge is 0.227 e. The van der Waals surface area contributed by atoms with Crippen molar-refractivity contribution in [1.82, 2.24) is 24.5 Å². The summed E-state index contributed by atoms with van der Waals surface area (Å²) >= 11 is 0. The number of rotatable bonds is 3. The molecule has 0 aliphatic carbocycles. The van der Waals surface area contributed by atoms with E-state index in [2.05, 4.69) is 22.1 Å². The maximum Gasteiger partial charge on any atom is 0.227 e. The number of imidazole rings is 1. The van der Waals surface area contributed by atoms with Crippen LogP contribution in [0.5, 0.6) is 0 Å². The highest BCUT2D eigenvalue weighted by atomic mass is 16.5. The van der Waals surface area contributed by atoms with Gasteiger partial charge in [-0.1, -0.05) is 5.16 Å². The van der Waals surface area contributed by atoms with Crippen molar-refractivity contribution in [3.05, 3.63) is 35.2 Å². The van der Waals surface area contributed by atoms with E-state index in [1.54, 1.807) is 6.20 Å². The second kappa shape index (κ2) is 6.16. The van der Waals surface area contributed by atoms with Crippen LogP contribution < -0.4 is 0 Å². The maximum atomic E-state index is 12.7. The second-order valence-electron chi connectivity index (χ2n) is 6.21. The third-order valence-electron chi connectivity index (χ3n) is 4.67. The number of carbonyl (C=O) groups excluding carboxylic acids is 1. The van der Waals surface area contributed by atoms with Gasteiger partial charge in [0.15, 0.2) is 0 Å². The molecule has 0 N–H and O–H groups in total. The predicted molar refractivity (Wildman–Crippen MR) is 84.8 cm³/mol. The van der Waals surface area contributed by atoms with Crippen LogP contribution in [-0.4, -0.2) is 57.1 Å². The molecule has 1 aliphatic rings. The monoisotopic (exact) mass is 317 g/mol. The van der Waals surface area contributed by atoms with Crippen LogP contribution in [0.1, 0.15) is 28.9 Å². The van der Waals surface area contributed by atoms with E-state index >= 15 is 0 Å². The summed E-state index contributed by atoms with van der Waals surface area (Å²) in [5.74, 6) is 1.83. The van der Waals surface area contributed by atoms with Gasteiger partial charge in [-0.25, -0.2) is 4.98 Å². The SMILES string of the molecule is Cc1noc(C)c1CC(=O)N1CCN(C)[C@@H](c2nccn2C)C1. The van der Waals surface area contributed by atoms with Gasteiger partial charge in [0.2, 0.25) is 5.91 Å². The molecule has 1 fully saturated rings. The van der Waals surface area contributed by atoms with Crippen molar-refractivity contribution in [3.8, 4) is 0 Å². The number of piperazine rings is 1. The minimum absolute atomic E-state index is 0.117. The third-order valence-corrected chi connectivity index (χ3v) is 4.67. The molecule has 3 rings (SSSR count). The molecule has 0 bridgehead atoms. The average Bonchev–Trinajstić information content (AvgIpc) is 3.08. The zero-order chi connectivity index (χ0) is 16.6. The van der Waals surface area contributed by atoms with Gasteiger partial charge >= 0.3 is 0 Å². The molecular formula is C16H23N5O2. The van der Waals surface area contributed by atoms with Gasteiger partial charge in [-0.05, 0) is 20.9 Å². The fraction of sp³-hybridized carbons (Fsp3) is 0.562. The number of likely N-dealkylation sites (N-methyl/N-ethyl adjacent to an activating group) is 1. The second-order valence-corrected chi connectivity index (χ2v) is 6.21. The topological polar surface area (TPSA) is 67.4 Å². The lowest BCUT2D eigenvalue weighted by Crippen LogP contribution is -2.50. The van der Waals surface area contributed by atoms with Crippen LogP contribution in [0.25, 0.3) is 0 Å². The van der Waals surface area contributed by atoms with Crippen molar-refractivity contribution in [1.29, 1.82) is 0 Å². The van der Waals surface area contributed by atoms with Gasteiger partial charge in [-0.3, -0.25) is 9.69 Å². The van der Waals surface area contributed by atoms with Crippen molar-refractivity contribution in [2.24, 2.45) is 7.05 Å². The Morgan fingerprint density at radius 3 is 2.74 bits per heavy atom. The van der Waals surface area contributed by atoms with Gasteiger partial charge in [0, 0.05) is 44.6 Å². The maximum absolute atomic E-state index is 12.7. The Kier molecular flexibility index (Phi) is 4.21. The van der Waals surface area contributed by atoms with Gasteiger partial charge < -0.3 is 14.0 Å². The highest BCUT2D eigenvalue weighted by molar-refractivity contribution is 5.79. The zero-order valence-electron chi connectivity index (χ0n) is 14.1. The third kappa shape index (κ3) is 3.01. The summed E-state index contributed by atoms with van der Waals surface area (Å²) in [5.41, 5.74) is 1.70. The molecule has 1 amide bonds. The Morgan fingerprint density at radius 1 is 1.35 bits per heavy atom. The quantitative estimate of drug-likeness (QED) is 0.847. The molecule has 124 valence electrons. The standard InChI is InChI=1S/C16H23N5O2/c1-11-13(12(2)23-18-11)9-15(22)21-8-7-19(3)14(10-21)16-17-5-6-20(16)4/h5-6,14H,7-10H2,1-4H3/t14-/m1/s1. The van der Waals surface area contributed by atoms with Gasteiger partial charge in [-0.15, -0.1) is 0 Å². The Bertz CT molecular complexity index is 686. The summed E-state index contributed by atoms with van der Waals surface area (Å²) in [7, 11) is 4.07. The summed E-state index contributed by atoms with van der Waals surface area (Å²) in [6, 6.07) is 0.123. The summed E-state index contributed by atoms with van der Waals surface area (Å²) in [4.78, 5) is 21.3. The lowest BCUT2D eigenvalue weighted by Gasteiger charge is -2.39. The normalized spacial score (nSPS) is 19.3. The number of aryl methyl sites for hydroxylation is 3. The summed E-state index contributed by atoms with van der Waals surface area (Å²) in [6.07, 6.45) is 4.08. The van der Waals surface area contributed by atoms with Crippen LogP contribution in [0.4, 0.5) is 0 Å². The molecule has 0 aromatic carbocycles. The minimum Gasteiger partial charge on any atom is -0.361 e. The first-order valence-corrected chi connectivity index (χ1v) is 7.84. The van der Waals surface area contributed by atoms with Gasteiger partial charge in [0.05, 0.1) is 18.2 Å². The predicted octanol–water partition coefficient (Wildman–Crippen LogP) is 1.08. The lowest BCUT2D eigenvalue weighted by atomic mass is 10.1. The highest BCUT2D eigenvalue weighted by Gasteiger charge is 2.31. The van der Waals surface area contributed by atoms with E-state index in [4.69, 9.17) is 4.52 Å². The van der Waals surface area contributed by atoms with Crippen LogP contribution in [0.3, 0.4) is 0 Å². The van der Waals surface area contributed by atoms with Crippen molar-refractivity contribution in [3.63, 3.8) is 0 Å². The van der Waals surface area contributed by atoms with E-state index in [9.17, 15) is 4.79 Å². The van der Waals surface area contributed by atoms with E-state index < -0.39 is 0 Å². The van der Waals surface area contributed by atoms with Crippen LogP contribution in [0, 0.1) is 13.8 Å². The number of carbonyl (C=O) groups is 1. The van der Waals surface area contributed by atoms with Gasteiger partial charge in [-0.2, -0.15) is 0 Å². The number of hydrogen-bond acceptors (Lipinski definition) is 5. The van der Waals surface area contributed by atoms with Crippen LogP contribution >= 0.6 is 0 Å². The van der Waals surface area contributed by atoms with E-state index in [0.717, 1.165) is 35.9 Å². The average molecular weight is 317 g/mol. The molecule has 0 spiro atoms. The number of amides is 1. The van der Waals surface area contributed by atoms with Crippen molar-refractivity contribution < 1.29 is 9.32 Å². The largest absolute Gasteiger partial charge is 0.361 e. The molecule has 7 heteroatoms. The van der Waals surface area contributed by atoms with Gasteiger partial charge in [0.25, 0.3) is 0 Å². The number of aromatic nitrogens is 3. The Balaban J connectivity index is 1.73. The molecule has 2 aromatic rings. The van der Waals surface area contributed by atoms with Crippen molar-refractivity contribution >= 4 is 5.91 Å². The molecule has 0 unspecified atom stereocenters. The zero-order valence-corrected chi connectivity index (χ0v) is 14.1. The van der Waals surface area contributed by atoms with Crippen LogP contribution in [0.2, 0.25) is 0 Å². The fourth-order valence-electron chi connectivity index (χ4n) is 3.09. The molecule has 23 heavy (non-hydrogen) atoms. The van der Waals surface area contributed by atoms with Crippen molar-refractivity contribution in [2.75, 3.05) is 26.7 Å². The Morgan fingerprint density at radius 2 is 2.13 bits per heavy atom. The molecule has 3 heterocycles. The summed E-state index contributed by atoms with van der Waals surface area (Å²) in [6.45, 7) is 5.96. The van der Waals surface area contributed by atoms with E-state index in [1.165, 1.54) is 0 Å². The fourth-order valence-corrected chi connectivity index (χ4v) is 3.09. The van der Waals surface area contributed by atoms with Crippen LogP contribution in [-0.2, 0) is 18.3 Å². The van der Waals surface area contributed by atoms with Gasteiger partial charge in [0.1, 0.15) is 11.6 Å². The first kappa shape index (κ1) is 15.7. The molecule has 2 aromatic heterocycles. The summed E-state index contributed by atoms with van der Waals surface area (Å²) < 4.78 is 7.17. The molecule has 7 nitrogen and oxygen atoms in total. The first-order chi connectivity index (χ1) is 11.0. The van der Waals surface area contributed by atoms with E-state index in [1.807, 2.05) is 36.6 Å². The lowest BCUT2D eigenvalue weighted by molar-refractivity contribution is -0.133. The van der Waals surface area contributed by atoms with Crippen LogP contribution in [0.15, 0.2) is 16.9 Å². The molecule has 1 aliphatic heterocycles. The number of hydrogen-bond donors (Lipinski definition) is 0. The Hall–Kier alpha value is -2.15. The summed E-state index contributed by atoms with van der Waals surface area (Å²) in [5, 5.41) is 3.93. The first-order valence-electron chi connectivity index (χ1n) is 7.84. The molecule has 1 saturated heterocycles. The van der Waals surface area contributed by atoms with E-state index in [-0.39, 0.29) is 11.9 Å². The van der Waals surface area contributed by atoms with E-state index in [0.29, 0.717) is 13.0 Å². The molecule has 0 radical (unpaired) electrons. The van der Waals surface area contributed by atoms with Crippen molar-refractivity contribution in [2.45, 2.75) is 26.3 Å². The molecular weight excluding hydrogens is 294 g/mol. The number of nitrogens with zero attached hydrogens (tertiary/aromatic N) is 5. The molecule has 0 saturated carbocycles. The minimum atomic E-state index is 0.117. The highest BCUT2D eigenvalue weighted by Crippen LogP contribution is 2.23. The Labute approximate surface area is 135 Å². The molecule has 1 atom stereocenters.